The second-order valence-electron chi connectivity index (χ2n) is 7.75. The molecule has 6 heteroatoms. The number of fused-ring (bicyclic) bond motifs is 3. The van der Waals surface area contributed by atoms with Gasteiger partial charge in [-0.15, -0.1) is 0 Å². The number of hydrogen-bond acceptors (Lipinski definition) is 5. The summed E-state index contributed by atoms with van der Waals surface area (Å²) >= 11 is 0. The van der Waals surface area contributed by atoms with Crippen LogP contribution in [0.2, 0.25) is 0 Å². The third kappa shape index (κ3) is 2.59. The molecule has 0 aromatic carbocycles. The Kier molecular flexibility index (Phi) is 4.19. The number of hydrogen-bond donors (Lipinski definition) is 0. The molecule has 2 heterocycles. The predicted octanol–water partition coefficient (Wildman–Crippen LogP) is 1.59. The number of piperidine rings is 2. The van der Waals surface area contributed by atoms with Crippen molar-refractivity contribution in [2.45, 2.75) is 32.7 Å². The lowest BCUT2D eigenvalue weighted by atomic mass is 9.90. The average molecular weight is 336 g/mol. The first-order valence-corrected chi connectivity index (χ1v) is 9.46. The molecule has 2 aliphatic heterocycles. The Balaban J connectivity index is 1.34. The fourth-order valence-electron chi connectivity index (χ4n) is 5.54. The lowest BCUT2D eigenvalue weighted by molar-refractivity contribution is -0.145. The third-order valence-electron chi connectivity index (χ3n) is 6.51. The van der Waals surface area contributed by atoms with E-state index in [2.05, 4.69) is 4.90 Å². The van der Waals surface area contributed by atoms with Gasteiger partial charge in [-0.05, 0) is 50.4 Å². The quantitative estimate of drug-likeness (QED) is 0.730. The van der Waals surface area contributed by atoms with Gasteiger partial charge in [-0.3, -0.25) is 9.69 Å². The molecule has 2 aliphatic carbocycles. The molecule has 4 rings (SSSR count). The molecule has 5 atom stereocenters. The third-order valence-corrected chi connectivity index (χ3v) is 6.51. The zero-order chi connectivity index (χ0) is 16.8. The number of ether oxygens (including phenoxy) is 2. The van der Waals surface area contributed by atoms with Gasteiger partial charge in [0.15, 0.2) is 0 Å². The predicted molar refractivity (Wildman–Crippen MR) is 87.3 cm³/mol. The van der Waals surface area contributed by atoms with Gasteiger partial charge >= 0.3 is 12.1 Å². The molecule has 2 saturated heterocycles. The molecule has 2 bridgehead atoms. The number of carbonyl (C=O) groups is 2. The van der Waals surface area contributed by atoms with Crippen molar-refractivity contribution in [3.8, 4) is 0 Å². The van der Waals surface area contributed by atoms with Crippen molar-refractivity contribution in [1.29, 1.82) is 0 Å². The Morgan fingerprint density at radius 3 is 2.04 bits per heavy atom. The molecule has 134 valence electrons. The van der Waals surface area contributed by atoms with Gasteiger partial charge in [-0.25, -0.2) is 4.79 Å². The summed E-state index contributed by atoms with van der Waals surface area (Å²) in [5.41, 5.74) is 0. The van der Waals surface area contributed by atoms with Gasteiger partial charge in [0.25, 0.3) is 0 Å². The minimum atomic E-state index is -0.153. The van der Waals surface area contributed by atoms with E-state index < -0.39 is 0 Å². The number of rotatable bonds is 4. The standard InChI is InChI=1S/C18H28N2O4/c1-3-23-17(21)15-13-9-19(10-14(13)15)16-11-5-6-12(16)8-20(7-11)18(22)24-4-2/h11-16H,3-10H2,1-2H3/t11?,12?,13-,14+,15?,16?. The highest BCUT2D eigenvalue weighted by atomic mass is 16.6. The maximum atomic E-state index is 12.0. The second-order valence-corrected chi connectivity index (χ2v) is 7.75. The van der Waals surface area contributed by atoms with E-state index in [0.717, 1.165) is 26.2 Å². The van der Waals surface area contributed by atoms with Gasteiger partial charge in [0.2, 0.25) is 0 Å². The Hall–Kier alpha value is -1.30. The maximum Gasteiger partial charge on any atom is 0.409 e. The molecule has 0 radical (unpaired) electrons. The summed E-state index contributed by atoms with van der Waals surface area (Å²) in [4.78, 5) is 28.5. The summed E-state index contributed by atoms with van der Waals surface area (Å²) < 4.78 is 10.4. The van der Waals surface area contributed by atoms with Gasteiger partial charge in [-0.2, -0.15) is 0 Å². The van der Waals surface area contributed by atoms with Crippen molar-refractivity contribution < 1.29 is 19.1 Å². The van der Waals surface area contributed by atoms with E-state index in [9.17, 15) is 9.59 Å². The highest BCUT2D eigenvalue weighted by Gasteiger charge is 2.62. The molecule has 4 fully saturated rings. The normalized spacial score (nSPS) is 40.3. The van der Waals surface area contributed by atoms with Crippen molar-refractivity contribution in [3.63, 3.8) is 0 Å². The zero-order valence-corrected chi connectivity index (χ0v) is 14.6. The number of likely N-dealkylation sites (tertiary alicyclic amines) is 2. The van der Waals surface area contributed by atoms with Crippen LogP contribution in [0.3, 0.4) is 0 Å². The van der Waals surface area contributed by atoms with Gasteiger partial charge in [0, 0.05) is 32.2 Å². The molecule has 1 amide bonds. The van der Waals surface area contributed by atoms with Crippen LogP contribution < -0.4 is 0 Å². The molecule has 24 heavy (non-hydrogen) atoms. The smallest absolute Gasteiger partial charge is 0.409 e. The summed E-state index contributed by atoms with van der Waals surface area (Å²) in [6.45, 7) is 8.37. The lowest BCUT2D eigenvalue weighted by Crippen LogP contribution is -2.54. The van der Waals surface area contributed by atoms with E-state index in [1.807, 2.05) is 18.7 Å². The van der Waals surface area contributed by atoms with E-state index in [0.29, 0.717) is 42.9 Å². The Bertz CT molecular complexity index is 499. The molecule has 0 aromatic heterocycles. The van der Waals surface area contributed by atoms with Crippen LogP contribution in [-0.4, -0.2) is 67.3 Å². The van der Waals surface area contributed by atoms with Gasteiger partial charge < -0.3 is 14.4 Å². The van der Waals surface area contributed by atoms with Crippen LogP contribution in [-0.2, 0) is 14.3 Å². The van der Waals surface area contributed by atoms with Crippen molar-refractivity contribution in [1.82, 2.24) is 9.80 Å². The molecule has 3 unspecified atom stereocenters. The largest absolute Gasteiger partial charge is 0.466 e. The number of esters is 1. The van der Waals surface area contributed by atoms with Crippen LogP contribution in [0.4, 0.5) is 4.79 Å². The van der Waals surface area contributed by atoms with Crippen molar-refractivity contribution in [2.24, 2.45) is 29.6 Å². The summed E-state index contributed by atoms with van der Waals surface area (Å²) in [6.07, 6.45) is 2.26. The number of carbonyl (C=O) groups excluding carboxylic acids is 2. The van der Waals surface area contributed by atoms with E-state index in [1.54, 1.807) is 0 Å². The Labute approximate surface area is 143 Å². The fraction of sp³-hybridized carbons (Fsp3) is 0.889. The topological polar surface area (TPSA) is 59.1 Å². The maximum absolute atomic E-state index is 12.0. The van der Waals surface area contributed by atoms with Crippen molar-refractivity contribution in [2.75, 3.05) is 39.4 Å². The Morgan fingerprint density at radius 2 is 1.50 bits per heavy atom. The minimum Gasteiger partial charge on any atom is -0.466 e. The van der Waals surface area contributed by atoms with E-state index in [1.165, 1.54) is 12.8 Å². The molecule has 6 nitrogen and oxygen atoms in total. The highest BCUT2D eigenvalue weighted by molar-refractivity contribution is 5.77. The molecular weight excluding hydrogens is 308 g/mol. The monoisotopic (exact) mass is 336 g/mol. The summed E-state index contributed by atoms with van der Waals surface area (Å²) in [5.74, 6) is 2.29. The summed E-state index contributed by atoms with van der Waals surface area (Å²) in [7, 11) is 0. The molecule has 0 N–H and O–H groups in total. The summed E-state index contributed by atoms with van der Waals surface area (Å²) in [5, 5.41) is 0. The molecule has 0 spiro atoms. The summed E-state index contributed by atoms with van der Waals surface area (Å²) in [6, 6.07) is 0.589. The van der Waals surface area contributed by atoms with Crippen LogP contribution in [0.1, 0.15) is 26.7 Å². The van der Waals surface area contributed by atoms with Crippen LogP contribution in [0.15, 0.2) is 0 Å². The molecular formula is C18H28N2O4. The van der Waals surface area contributed by atoms with Gasteiger partial charge in [0.1, 0.15) is 0 Å². The number of nitrogens with zero attached hydrogens (tertiary/aromatic N) is 2. The number of amides is 1. The average Bonchev–Trinajstić information content (AvgIpc) is 2.94. The molecule has 4 aliphatic rings. The van der Waals surface area contributed by atoms with Gasteiger partial charge in [-0.1, -0.05) is 0 Å². The SMILES string of the molecule is CCOC(=O)C1[C@H]2CN(C3C4CCC3CN(C(=O)OCC)C4)C[C@@H]12. The van der Waals surface area contributed by atoms with Crippen LogP contribution in [0.5, 0.6) is 0 Å². The Morgan fingerprint density at radius 1 is 0.917 bits per heavy atom. The molecule has 2 saturated carbocycles. The lowest BCUT2D eigenvalue weighted by Gasteiger charge is -2.42. The fourth-order valence-corrected chi connectivity index (χ4v) is 5.54. The minimum absolute atomic E-state index is 0.00672. The van der Waals surface area contributed by atoms with Crippen molar-refractivity contribution >= 4 is 12.1 Å². The highest BCUT2D eigenvalue weighted by Crippen LogP contribution is 2.55. The van der Waals surface area contributed by atoms with Gasteiger partial charge in [0.05, 0.1) is 19.1 Å². The first kappa shape index (κ1) is 16.2. The van der Waals surface area contributed by atoms with E-state index in [-0.39, 0.29) is 18.0 Å². The molecule has 0 aromatic rings. The van der Waals surface area contributed by atoms with E-state index >= 15 is 0 Å². The van der Waals surface area contributed by atoms with E-state index in [4.69, 9.17) is 9.47 Å². The zero-order valence-electron chi connectivity index (χ0n) is 14.6. The van der Waals surface area contributed by atoms with Crippen LogP contribution >= 0.6 is 0 Å². The second kappa shape index (κ2) is 6.21. The van der Waals surface area contributed by atoms with Crippen molar-refractivity contribution in [3.05, 3.63) is 0 Å². The first-order chi connectivity index (χ1) is 11.6. The van der Waals surface area contributed by atoms with Crippen LogP contribution in [0, 0.1) is 29.6 Å². The first-order valence-electron chi connectivity index (χ1n) is 9.46. The van der Waals surface area contributed by atoms with Crippen LogP contribution in [0.25, 0.3) is 0 Å².